The van der Waals surface area contributed by atoms with Crippen LogP contribution in [0.3, 0.4) is 0 Å². The summed E-state index contributed by atoms with van der Waals surface area (Å²) in [5.74, 6) is 1.23. The van der Waals surface area contributed by atoms with Crippen molar-refractivity contribution in [3.05, 3.63) is 30.1 Å². The van der Waals surface area contributed by atoms with E-state index in [9.17, 15) is 14.0 Å². The molecule has 0 aromatic heterocycles. The number of rotatable bonds is 5. The normalized spacial score (nSPS) is 25.3. The Labute approximate surface area is 139 Å². The summed E-state index contributed by atoms with van der Waals surface area (Å²) in [6.45, 7) is 0. The van der Waals surface area contributed by atoms with Gasteiger partial charge in [-0.25, -0.2) is 4.39 Å². The highest BCUT2D eigenvalue weighted by atomic mass is 32.2. The van der Waals surface area contributed by atoms with Crippen LogP contribution in [0.2, 0.25) is 0 Å². The third kappa shape index (κ3) is 4.25. The number of halogens is 1. The van der Waals surface area contributed by atoms with Crippen molar-refractivity contribution in [2.24, 2.45) is 17.8 Å². The minimum absolute atomic E-state index is 0.0648. The maximum Gasteiger partial charge on any atom is 0.248 e. The smallest absolute Gasteiger partial charge is 0.248 e. The van der Waals surface area contributed by atoms with E-state index >= 15 is 0 Å². The van der Waals surface area contributed by atoms with Gasteiger partial charge in [0.05, 0.1) is 5.75 Å². The third-order valence-electron chi connectivity index (χ3n) is 4.87. The van der Waals surface area contributed by atoms with Crippen LogP contribution in [0.1, 0.15) is 32.1 Å². The van der Waals surface area contributed by atoms with E-state index in [1.54, 1.807) is 18.2 Å². The largest absolute Gasteiger partial charge is 0.273 e. The molecule has 23 heavy (non-hydrogen) atoms. The number of fused-ring (bicyclic) bond motifs is 2. The molecule has 3 rings (SSSR count). The van der Waals surface area contributed by atoms with Crippen molar-refractivity contribution in [1.82, 2.24) is 10.9 Å². The molecule has 2 bridgehead atoms. The first-order chi connectivity index (χ1) is 11.1. The number of amides is 2. The van der Waals surface area contributed by atoms with E-state index < -0.39 is 0 Å². The first-order valence-electron chi connectivity index (χ1n) is 8.07. The van der Waals surface area contributed by atoms with Crippen LogP contribution in [0.5, 0.6) is 0 Å². The predicted molar refractivity (Wildman–Crippen MR) is 87.0 cm³/mol. The van der Waals surface area contributed by atoms with Crippen LogP contribution >= 0.6 is 11.8 Å². The summed E-state index contributed by atoms with van der Waals surface area (Å²) in [4.78, 5) is 24.1. The van der Waals surface area contributed by atoms with Gasteiger partial charge in [-0.3, -0.25) is 20.4 Å². The lowest BCUT2D eigenvalue weighted by atomic mass is 9.86. The van der Waals surface area contributed by atoms with E-state index in [4.69, 9.17) is 0 Å². The Hall–Kier alpha value is -1.56. The van der Waals surface area contributed by atoms with E-state index in [1.165, 1.54) is 25.3 Å². The molecule has 124 valence electrons. The molecule has 1 aromatic carbocycles. The molecule has 1 aromatic rings. The third-order valence-corrected chi connectivity index (χ3v) is 5.92. The average molecular weight is 336 g/mol. The van der Waals surface area contributed by atoms with E-state index in [-0.39, 0.29) is 23.4 Å². The van der Waals surface area contributed by atoms with Crippen molar-refractivity contribution in [1.29, 1.82) is 0 Å². The molecule has 2 fully saturated rings. The van der Waals surface area contributed by atoms with Crippen LogP contribution in [0.4, 0.5) is 4.39 Å². The van der Waals surface area contributed by atoms with Gasteiger partial charge in [0.2, 0.25) is 11.8 Å². The van der Waals surface area contributed by atoms with Gasteiger partial charge in [-0.05, 0) is 49.1 Å². The maximum absolute atomic E-state index is 13.4. The van der Waals surface area contributed by atoms with Gasteiger partial charge in [-0.15, -0.1) is 11.8 Å². The summed E-state index contributed by atoms with van der Waals surface area (Å²) in [6, 6.07) is 6.31. The minimum Gasteiger partial charge on any atom is -0.273 e. The number of nitrogens with one attached hydrogen (secondary N) is 2. The fourth-order valence-corrected chi connectivity index (χ4v) is 4.54. The summed E-state index contributed by atoms with van der Waals surface area (Å²) in [7, 11) is 0. The first kappa shape index (κ1) is 16.3. The van der Waals surface area contributed by atoms with Crippen molar-refractivity contribution in [2.45, 2.75) is 37.0 Å². The molecular weight excluding hydrogens is 315 g/mol. The van der Waals surface area contributed by atoms with Gasteiger partial charge >= 0.3 is 0 Å². The Morgan fingerprint density at radius 3 is 2.61 bits per heavy atom. The van der Waals surface area contributed by atoms with E-state index in [2.05, 4.69) is 10.9 Å². The van der Waals surface area contributed by atoms with Gasteiger partial charge in [0.15, 0.2) is 0 Å². The molecule has 3 atom stereocenters. The second kappa shape index (κ2) is 7.34. The van der Waals surface area contributed by atoms with Gasteiger partial charge in [0.25, 0.3) is 0 Å². The van der Waals surface area contributed by atoms with Crippen LogP contribution in [0.15, 0.2) is 29.2 Å². The Bertz CT molecular complexity index is 596. The molecule has 0 radical (unpaired) electrons. The molecule has 0 heterocycles. The molecule has 2 N–H and O–H groups in total. The van der Waals surface area contributed by atoms with E-state index in [0.717, 1.165) is 24.1 Å². The summed E-state index contributed by atoms with van der Waals surface area (Å²) in [5.41, 5.74) is 4.88. The van der Waals surface area contributed by atoms with Crippen LogP contribution in [-0.2, 0) is 9.59 Å². The van der Waals surface area contributed by atoms with Crippen LogP contribution in [0.25, 0.3) is 0 Å². The number of hydrogen-bond acceptors (Lipinski definition) is 3. The standard InChI is InChI=1S/C17H21FN2O2S/c18-14-3-1-2-4-15(14)23-10-17(22)20-19-16(21)9-13-8-11-5-6-12(13)7-11/h1-4,11-13H,5-10H2,(H,19,21)(H,20,22)/t11-,12-,13-/m1/s1. The van der Waals surface area contributed by atoms with Crippen LogP contribution in [-0.4, -0.2) is 17.6 Å². The molecule has 0 saturated heterocycles. The number of hydrogen-bond donors (Lipinski definition) is 2. The monoisotopic (exact) mass is 336 g/mol. The highest BCUT2D eigenvalue weighted by Gasteiger charge is 2.40. The van der Waals surface area contributed by atoms with Crippen molar-refractivity contribution in [3.63, 3.8) is 0 Å². The second-order valence-electron chi connectivity index (χ2n) is 6.45. The number of benzene rings is 1. The van der Waals surface area contributed by atoms with Crippen molar-refractivity contribution < 1.29 is 14.0 Å². The Morgan fingerprint density at radius 1 is 1.13 bits per heavy atom. The van der Waals surface area contributed by atoms with Crippen molar-refractivity contribution >= 4 is 23.6 Å². The summed E-state index contributed by atoms with van der Waals surface area (Å²) < 4.78 is 13.4. The fourth-order valence-electron chi connectivity index (χ4n) is 3.80. The molecule has 6 heteroatoms. The lowest BCUT2D eigenvalue weighted by Gasteiger charge is -2.20. The Balaban J connectivity index is 1.35. The molecule has 2 amide bonds. The molecule has 2 saturated carbocycles. The number of carbonyl (C=O) groups is 2. The van der Waals surface area contributed by atoms with Crippen molar-refractivity contribution in [2.75, 3.05) is 5.75 Å². The van der Waals surface area contributed by atoms with Gasteiger partial charge in [-0.2, -0.15) is 0 Å². The van der Waals surface area contributed by atoms with E-state index in [1.807, 2.05) is 0 Å². The molecule has 2 aliphatic carbocycles. The lowest BCUT2D eigenvalue weighted by molar-refractivity contribution is -0.128. The zero-order chi connectivity index (χ0) is 16.2. The zero-order valence-electron chi connectivity index (χ0n) is 12.9. The molecule has 2 aliphatic rings. The molecule has 0 aliphatic heterocycles. The highest BCUT2D eigenvalue weighted by molar-refractivity contribution is 8.00. The fraction of sp³-hybridized carbons (Fsp3) is 0.529. The summed E-state index contributed by atoms with van der Waals surface area (Å²) in [5, 5.41) is 0. The highest BCUT2D eigenvalue weighted by Crippen LogP contribution is 2.49. The van der Waals surface area contributed by atoms with Crippen LogP contribution < -0.4 is 10.9 Å². The van der Waals surface area contributed by atoms with E-state index in [0.29, 0.717) is 23.2 Å². The molecule has 0 spiro atoms. The zero-order valence-corrected chi connectivity index (χ0v) is 13.7. The SMILES string of the molecule is O=C(CSc1ccccc1F)NNC(=O)C[C@H]1C[C@@H]2CC[C@@H]1C2. The van der Waals surface area contributed by atoms with Crippen molar-refractivity contribution in [3.8, 4) is 0 Å². The topological polar surface area (TPSA) is 58.2 Å². The molecule has 4 nitrogen and oxygen atoms in total. The molecule has 0 unspecified atom stereocenters. The average Bonchev–Trinajstić information content (AvgIpc) is 3.15. The van der Waals surface area contributed by atoms with Crippen LogP contribution in [0, 0.1) is 23.6 Å². The quantitative estimate of drug-likeness (QED) is 0.642. The predicted octanol–water partition coefficient (Wildman–Crippen LogP) is 2.89. The molecular formula is C17H21FN2O2S. The number of carbonyl (C=O) groups excluding carboxylic acids is 2. The second-order valence-corrected chi connectivity index (χ2v) is 7.47. The first-order valence-corrected chi connectivity index (χ1v) is 9.05. The maximum atomic E-state index is 13.4. The van der Waals surface area contributed by atoms with Gasteiger partial charge in [-0.1, -0.05) is 18.6 Å². The summed E-state index contributed by atoms with van der Waals surface area (Å²) >= 11 is 1.11. The Kier molecular flexibility index (Phi) is 5.20. The lowest BCUT2D eigenvalue weighted by Crippen LogP contribution is -2.43. The van der Waals surface area contributed by atoms with Gasteiger partial charge in [0, 0.05) is 11.3 Å². The number of thioether (sulfide) groups is 1. The van der Waals surface area contributed by atoms with Gasteiger partial charge < -0.3 is 0 Å². The minimum atomic E-state index is -0.342. The number of hydrazine groups is 1. The Morgan fingerprint density at radius 2 is 1.91 bits per heavy atom. The van der Waals surface area contributed by atoms with Gasteiger partial charge in [0.1, 0.15) is 5.82 Å². The summed E-state index contributed by atoms with van der Waals surface area (Å²) in [6.07, 6.45) is 5.46.